The van der Waals surface area contributed by atoms with Crippen LogP contribution in [0.15, 0.2) is 48.5 Å². The van der Waals surface area contributed by atoms with Crippen molar-refractivity contribution >= 4 is 18.0 Å². The third-order valence-corrected chi connectivity index (χ3v) is 7.67. The van der Waals surface area contributed by atoms with E-state index in [4.69, 9.17) is 4.74 Å². The highest BCUT2D eigenvalue weighted by molar-refractivity contribution is 5.84. The van der Waals surface area contributed by atoms with Gasteiger partial charge in [0.25, 0.3) is 0 Å². The molecule has 0 bridgehead atoms. The summed E-state index contributed by atoms with van der Waals surface area (Å²) < 4.78 is 5.67. The third-order valence-electron chi connectivity index (χ3n) is 7.67. The van der Waals surface area contributed by atoms with Gasteiger partial charge in [-0.25, -0.2) is 9.59 Å². The lowest BCUT2D eigenvalue weighted by Crippen LogP contribution is -2.48. The minimum atomic E-state index is -1.00. The molecule has 3 aliphatic rings. The number of rotatable bonds is 10. The molecule has 2 amide bonds. The zero-order valence-electron chi connectivity index (χ0n) is 19.7. The second-order valence-electron chi connectivity index (χ2n) is 10.1. The summed E-state index contributed by atoms with van der Waals surface area (Å²) in [4.78, 5) is 37.0. The topological polar surface area (TPSA) is 105 Å². The molecule has 0 heterocycles. The molecular weight excluding hydrogens is 444 g/mol. The number of nitrogens with one attached hydrogen (secondary N) is 2. The lowest BCUT2D eigenvalue weighted by Gasteiger charge is -2.34. The molecule has 5 rings (SSSR count). The molecule has 2 fully saturated rings. The first-order valence-corrected chi connectivity index (χ1v) is 12.6. The van der Waals surface area contributed by atoms with Gasteiger partial charge in [0, 0.05) is 18.4 Å². The maximum atomic E-state index is 12.8. The number of hydrogen-bond donors (Lipinski definition) is 3. The number of ether oxygens (including phenoxy) is 1. The van der Waals surface area contributed by atoms with Crippen LogP contribution in [0.4, 0.5) is 4.79 Å². The smallest absolute Gasteiger partial charge is 0.407 e. The highest BCUT2D eigenvalue weighted by Crippen LogP contribution is 2.44. The monoisotopic (exact) mass is 476 g/mol. The molecule has 184 valence electrons. The van der Waals surface area contributed by atoms with E-state index in [1.165, 1.54) is 11.1 Å². The molecule has 0 aromatic heterocycles. The van der Waals surface area contributed by atoms with Crippen molar-refractivity contribution in [2.45, 2.75) is 62.9 Å². The number of amides is 2. The summed E-state index contributed by atoms with van der Waals surface area (Å²) in [6, 6.07) is 15.1. The molecular formula is C28H32N2O5. The first kappa shape index (κ1) is 23.4. The highest BCUT2D eigenvalue weighted by Gasteiger charge is 2.34. The predicted octanol–water partition coefficient (Wildman–Crippen LogP) is 4.45. The van der Waals surface area contributed by atoms with Gasteiger partial charge in [0.05, 0.1) is 0 Å². The molecule has 3 aliphatic carbocycles. The van der Waals surface area contributed by atoms with Gasteiger partial charge < -0.3 is 20.5 Å². The van der Waals surface area contributed by atoms with E-state index in [0.29, 0.717) is 12.3 Å². The van der Waals surface area contributed by atoms with E-state index >= 15 is 0 Å². The Balaban J connectivity index is 1.19. The molecule has 0 saturated heterocycles. The Bertz CT molecular complexity index is 1060. The number of carbonyl (C=O) groups is 3. The predicted molar refractivity (Wildman–Crippen MR) is 131 cm³/mol. The molecule has 2 aromatic rings. The summed E-state index contributed by atoms with van der Waals surface area (Å²) in [5.41, 5.74) is 4.62. The summed E-state index contributed by atoms with van der Waals surface area (Å²) in [7, 11) is 0. The first-order valence-electron chi connectivity index (χ1n) is 12.6. The quantitative estimate of drug-likeness (QED) is 0.470. The molecule has 0 radical (unpaired) electrons. The molecule has 7 nitrogen and oxygen atoms in total. The average molecular weight is 477 g/mol. The van der Waals surface area contributed by atoms with E-state index < -0.39 is 18.1 Å². The largest absolute Gasteiger partial charge is 0.480 e. The number of alkyl carbamates (subject to hydrolysis) is 1. The molecule has 2 atom stereocenters. The number of fused-ring (bicyclic) bond motifs is 3. The van der Waals surface area contributed by atoms with Gasteiger partial charge in [0.1, 0.15) is 12.6 Å². The minimum Gasteiger partial charge on any atom is -0.480 e. The average Bonchev–Trinajstić information content (AvgIpc) is 3.56. The van der Waals surface area contributed by atoms with Gasteiger partial charge in [-0.15, -0.1) is 0 Å². The summed E-state index contributed by atoms with van der Waals surface area (Å²) in [5.74, 6) is -0.785. The van der Waals surface area contributed by atoms with Crippen LogP contribution < -0.4 is 10.6 Å². The van der Waals surface area contributed by atoms with Crippen molar-refractivity contribution in [2.24, 2.45) is 11.8 Å². The van der Waals surface area contributed by atoms with Gasteiger partial charge in [-0.1, -0.05) is 67.8 Å². The van der Waals surface area contributed by atoms with E-state index in [1.54, 1.807) is 0 Å². The van der Waals surface area contributed by atoms with Crippen molar-refractivity contribution in [3.05, 3.63) is 59.7 Å². The molecule has 35 heavy (non-hydrogen) atoms. The molecule has 2 saturated carbocycles. The van der Waals surface area contributed by atoms with E-state index in [2.05, 4.69) is 34.9 Å². The third kappa shape index (κ3) is 5.34. The summed E-state index contributed by atoms with van der Waals surface area (Å²) in [5, 5.41) is 15.0. The summed E-state index contributed by atoms with van der Waals surface area (Å²) in [6.45, 7) is 0.214. The fraction of sp³-hybridized carbons (Fsp3) is 0.464. The molecule has 2 aromatic carbocycles. The molecule has 0 aliphatic heterocycles. The van der Waals surface area contributed by atoms with Gasteiger partial charge in [0.15, 0.2) is 0 Å². The zero-order chi connectivity index (χ0) is 24.4. The Labute approximate surface area is 205 Å². The number of aliphatic carboxylic acids is 1. The van der Waals surface area contributed by atoms with Crippen LogP contribution in [0.1, 0.15) is 62.0 Å². The summed E-state index contributed by atoms with van der Waals surface area (Å²) >= 11 is 0. The van der Waals surface area contributed by atoms with Crippen LogP contribution in [0.5, 0.6) is 0 Å². The normalized spacial score (nSPS) is 18.5. The van der Waals surface area contributed by atoms with Gasteiger partial charge in [0.2, 0.25) is 5.91 Å². The van der Waals surface area contributed by atoms with Gasteiger partial charge >= 0.3 is 12.1 Å². The number of benzene rings is 2. The Hall–Kier alpha value is -3.35. The minimum absolute atomic E-state index is 0.0302. The van der Waals surface area contributed by atoms with Gasteiger partial charge in [-0.05, 0) is 53.4 Å². The lowest BCUT2D eigenvalue weighted by molar-refractivity contribution is -0.142. The Morgan fingerprint density at radius 1 is 0.914 bits per heavy atom. The standard InChI is InChI=1S/C28H32N2O5/c31-26(29-25(27(32)33)14-17-12-13-17)15-24(18-6-5-7-18)30-28(34)35-16-23-21-10-3-1-8-19(21)20-9-2-4-11-22(20)23/h1-4,8-11,17-18,23-25H,5-7,12-16H2,(H,29,31)(H,30,34)(H,32,33)/t24?,25-/m0/s1. The van der Waals surface area contributed by atoms with E-state index in [1.807, 2.05) is 24.3 Å². The second kappa shape index (κ2) is 10.1. The molecule has 0 spiro atoms. The van der Waals surface area contributed by atoms with E-state index in [-0.39, 0.29) is 36.8 Å². The maximum absolute atomic E-state index is 12.8. The molecule has 3 N–H and O–H groups in total. The fourth-order valence-electron chi connectivity index (χ4n) is 5.33. The van der Waals surface area contributed by atoms with Crippen LogP contribution in [0.2, 0.25) is 0 Å². The Morgan fingerprint density at radius 2 is 1.54 bits per heavy atom. The SMILES string of the molecule is O=C(CC(NC(=O)OCC1c2ccccc2-c2ccccc21)C1CCC1)N[C@@H](CC1CC1)C(=O)O. The van der Waals surface area contributed by atoms with Crippen LogP contribution in [-0.2, 0) is 14.3 Å². The Morgan fingerprint density at radius 3 is 2.09 bits per heavy atom. The van der Waals surface area contributed by atoms with Crippen molar-refractivity contribution in [1.29, 1.82) is 0 Å². The highest BCUT2D eigenvalue weighted by atomic mass is 16.5. The van der Waals surface area contributed by atoms with Crippen molar-refractivity contribution in [1.82, 2.24) is 10.6 Å². The maximum Gasteiger partial charge on any atom is 0.407 e. The first-order chi connectivity index (χ1) is 17.0. The number of hydrogen-bond acceptors (Lipinski definition) is 4. The van der Waals surface area contributed by atoms with Crippen LogP contribution in [0, 0.1) is 11.8 Å². The fourth-order valence-corrected chi connectivity index (χ4v) is 5.33. The summed E-state index contributed by atoms with van der Waals surface area (Å²) in [6.07, 6.45) is 4.97. The van der Waals surface area contributed by atoms with Crippen molar-refractivity contribution in [3.63, 3.8) is 0 Å². The number of carbonyl (C=O) groups excluding carboxylic acids is 2. The van der Waals surface area contributed by atoms with E-state index in [9.17, 15) is 19.5 Å². The van der Waals surface area contributed by atoms with Gasteiger partial charge in [-0.2, -0.15) is 0 Å². The zero-order valence-corrected chi connectivity index (χ0v) is 19.7. The molecule has 1 unspecified atom stereocenters. The van der Waals surface area contributed by atoms with Crippen LogP contribution in [-0.4, -0.2) is 41.8 Å². The van der Waals surface area contributed by atoms with Crippen LogP contribution >= 0.6 is 0 Å². The lowest BCUT2D eigenvalue weighted by atomic mass is 9.78. The molecule has 7 heteroatoms. The van der Waals surface area contributed by atoms with Crippen LogP contribution in [0.3, 0.4) is 0 Å². The van der Waals surface area contributed by atoms with Crippen LogP contribution in [0.25, 0.3) is 11.1 Å². The number of carboxylic acids is 1. The van der Waals surface area contributed by atoms with Gasteiger partial charge in [-0.3, -0.25) is 4.79 Å². The Kier molecular flexibility index (Phi) is 6.75. The van der Waals surface area contributed by atoms with Crippen molar-refractivity contribution in [2.75, 3.05) is 6.61 Å². The van der Waals surface area contributed by atoms with E-state index in [0.717, 1.165) is 43.2 Å². The number of carboxylic acid groups (broad SMARTS) is 1. The van der Waals surface area contributed by atoms with Crippen molar-refractivity contribution < 1.29 is 24.2 Å². The van der Waals surface area contributed by atoms with Crippen molar-refractivity contribution in [3.8, 4) is 11.1 Å². The second-order valence-corrected chi connectivity index (χ2v) is 10.1.